The Hall–Kier alpha value is -3.26. The van der Waals surface area contributed by atoms with Crippen LogP contribution in [0.2, 0.25) is 0 Å². The summed E-state index contributed by atoms with van der Waals surface area (Å²) in [5, 5.41) is 3.06. The van der Waals surface area contributed by atoms with Crippen LogP contribution in [0.15, 0.2) is 48.8 Å². The van der Waals surface area contributed by atoms with Gasteiger partial charge >= 0.3 is 6.03 Å². The number of benzene rings is 1. The number of ether oxygens (including phenoxy) is 1. The third kappa shape index (κ3) is 4.43. The molecule has 1 aromatic carbocycles. The van der Waals surface area contributed by atoms with Gasteiger partial charge in [0.1, 0.15) is 0 Å². The molecule has 184 valence electrons. The summed E-state index contributed by atoms with van der Waals surface area (Å²) in [5.41, 5.74) is 1.67. The number of carbonyl (C=O) groups is 3. The number of piperidine rings is 1. The maximum absolute atomic E-state index is 13.9. The van der Waals surface area contributed by atoms with Crippen molar-refractivity contribution in [3.63, 3.8) is 0 Å². The minimum absolute atomic E-state index is 0.0926. The number of urea groups is 1. The number of pyridine rings is 1. The standard InChI is InChI=1S/C27H32N4O4/c1-19-6-2-3-7-20(19)16-24(32)30-13-10-21(11-14-30)27(22-8-4-12-28-17-22)25(33)31(26(34)29-27)18-23-9-5-15-35-23/h2-4,6-8,12,17,21,23H,5,9-11,13-16,18H2,1H3,(H,29,34)/t23-,27+/m0/s1. The van der Waals surface area contributed by atoms with Crippen LogP contribution in [0.25, 0.3) is 0 Å². The molecule has 0 saturated carbocycles. The normalized spacial score (nSPS) is 25.2. The number of amides is 4. The van der Waals surface area contributed by atoms with Crippen LogP contribution in [0.1, 0.15) is 42.4 Å². The molecule has 8 nitrogen and oxygen atoms in total. The van der Waals surface area contributed by atoms with Crippen molar-refractivity contribution >= 4 is 17.8 Å². The second-order valence-corrected chi connectivity index (χ2v) is 9.79. The molecule has 5 rings (SSSR count). The summed E-state index contributed by atoms with van der Waals surface area (Å²) in [4.78, 5) is 47.4. The highest BCUT2D eigenvalue weighted by molar-refractivity contribution is 6.07. The minimum atomic E-state index is -1.17. The Morgan fingerprint density at radius 3 is 2.63 bits per heavy atom. The quantitative estimate of drug-likeness (QED) is 0.648. The Kier molecular flexibility index (Phi) is 6.56. The second kappa shape index (κ2) is 9.77. The Labute approximate surface area is 205 Å². The number of likely N-dealkylation sites (tertiary alicyclic amines) is 1. The lowest BCUT2D eigenvalue weighted by Gasteiger charge is -2.41. The molecule has 4 amide bonds. The zero-order chi connectivity index (χ0) is 24.4. The first kappa shape index (κ1) is 23.5. The van der Waals surface area contributed by atoms with Crippen molar-refractivity contribution in [2.24, 2.45) is 5.92 Å². The number of hydrogen-bond donors (Lipinski definition) is 1. The highest BCUT2D eigenvalue weighted by Gasteiger charge is 2.57. The van der Waals surface area contributed by atoms with Gasteiger partial charge in [-0.1, -0.05) is 30.3 Å². The average molecular weight is 477 g/mol. The summed E-state index contributed by atoms with van der Waals surface area (Å²) in [6.45, 7) is 4.04. The van der Waals surface area contributed by atoms with Crippen molar-refractivity contribution in [3.05, 3.63) is 65.5 Å². The van der Waals surface area contributed by atoms with Gasteiger partial charge in [-0.25, -0.2) is 4.79 Å². The molecule has 0 radical (unpaired) electrons. The van der Waals surface area contributed by atoms with Crippen molar-refractivity contribution in [1.82, 2.24) is 20.1 Å². The molecule has 3 saturated heterocycles. The number of rotatable bonds is 6. The molecule has 0 unspecified atom stereocenters. The Bertz CT molecular complexity index is 1090. The van der Waals surface area contributed by atoms with Gasteiger partial charge < -0.3 is 15.0 Å². The first-order valence-electron chi connectivity index (χ1n) is 12.5. The third-order valence-corrected chi connectivity index (χ3v) is 7.72. The number of nitrogens with one attached hydrogen (secondary N) is 1. The van der Waals surface area contributed by atoms with E-state index in [9.17, 15) is 14.4 Å². The van der Waals surface area contributed by atoms with E-state index in [4.69, 9.17) is 4.74 Å². The van der Waals surface area contributed by atoms with E-state index in [1.807, 2.05) is 42.2 Å². The first-order chi connectivity index (χ1) is 17.0. The van der Waals surface area contributed by atoms with Crippen molar-refractivity contribution in [2.75, 3.05) is 26.2 Å². The molecule has 0 spiro atoms. The minimum Gasteiger partial charge on any atom is -0.376 e. The maximum atomic E-state index is 13.9. The third-order valence-electron chi connectivity index (χ3n) is 7.72. The van der Waals surface area contributed by atoms with E-state index in [1.165, 1.54) is 4.90 Å². The van der Waals surface area contributed by atoms with Crippen LogP contribution in [0.5, 0.6) is 0 Å². The Morgan fingerprint density at radius 1 is 1.14 bits per heavy atom. The summed E-state index contributed by atoms with van der Waals surface area (Å²) in [6.07, 6.45) is 6.61. The molecule has 2 aromatic rings. The van der Waals surface area contributed by atoms with Crippen LogP contribution in [0.3, 0.4) is 0 Å². The fourth-order valence-electron chi connectivity index (χ4n) is 5.70. The van der Waals surface area contributed by atoms with Gasteiger partial charge in [0, 0.05) is 37.7 Å². The highest BCUT2D eigenvalue weighted by atomic mass is 16.5. The lowest BCUT2D eigenvalue weighted by Crippen LogP contribution is -2.54. The number of carbonyl (C=O) groups excluding carboxylic acids is 3. The number of hydrogen-bond acceptors (Lipinski definition) is 5. The number of nitrogens with zero attached hydrogens (tertiary/aromatic N) is 3. The van der Waals surface area contributed by atoms with E-state index in [2.05, 4.69) is 10.3 Å². The fourth-order valence-corrected chi connectivity index (χ4v) is 5.70. The smallest absolute Gasteiger partial charge is 0.325 e. The lowest BCUT2D eigenvalue weighted by atomic mass is 9.73. The first-order valence-corrected chi connectivity index (χ1v) is 12.5. The van der Waals surface area contributed by atoms with Gasteiger partial charge in [0.2, 0.25) is 5.91 Å². The molecule has 3 fully saturated rings. The van der Waals surface area contributed by atoms with Gasteiger partial charge in [-0.15, -0.1) is 0 Å². The molecule has 8 heteroatoms. The van der Waals surface area contributed by atoms with Crippen LogP contribution in [0.4, 0.5) is 4.79 Å². The summed E-state index contributed by atoms with van der Waals surface area (Å²) < 4.78 is 5.70. The van der Waals surface area contributed by atoms with Gasteiger partial charge in [-0.3, -0.25) is 19.5 Å². The molecular formula is C27H32N4O4. The predicted octanol–water partition coefficient (Wildman–Crippen LogP) is 2.80. The Morgan fingerprint density at radius 2 is 1.94 bits per heavy atom. The van der Waals surface area contributed by atoms with E-state index < -0.39 is 5.54 Å². The van der Waals surface area contributed by atoms with Crippen molar-refractivity contribution < 1.29 is 19.1 Å². The van der Waals surface area contributed by atoms with Crippen LogP contribution < -0.4 is 5.32 Å². The zero-order valence-electron chi connectivity index (χ0n) is 20.1. The van der Waals surface area contributed by atoms with Gasteiger partial charge in [0.15, 0.2) is 5.54 Å². The molecular weight excluding hydrogens is 444 g/mol. The van der Waals surface area contributed by atoms with Crippen molar-refractivity contribution in [2.45, 2.75) is 50.7 Å². The van der Waals surface area contributed by atoms with Gasteiger partial charge in [-0.2, -0.15) is 0 Å². The molecule has 3 aliphatic heterocycles. The van der Waals surface area contributed by atoms with E-state index in [0.29, 0.717) is 44.5 Å². The SMILES string of the molecule is Cc1ccccc1CC(=O)N1CCC([C@]2(c3cccnc3)NC(=O)N(C[C@@H]3CCCO3)C2=O)CC1. The molecule has 1 N–H and O–H groups in total. The Balaban J connectivity index is 1.34. The van der Waals surface area contributed by atoms with Crippen LogP contribution in [-0.2, 0) is 26.3 Å². The van der Waals surface area contributed by atoms with E-state index >= 15 is 0 Å². The number of aromatic nitrogens is 1. The topological polar surface area (TPSA) is 91.8 Å². The molecule has 4 heterocycles. The maximum Gasteiger partial charge on any atom is 0.325 e. The highest BCUT2D eigenvalue weighted by Crippen LogP contribution is 2.41. The van der Waals surface area contributed by atoms with Gasteiger partial charge in [-0.05, 0) is 55.7 Å². The predicted molar refractivity (Wildman–Crippen MR) is 129 cm³/mol. The molecule has 0 aliphatic carbocycles. The number of aryl methyl sites for hydroxylation is 1. The monoisotopic (exact) mass is 476 g/mol. The second-order valence-electron chi connectivity index (χ2n) is 9.79. The average Bonchev–Trinajstić information content (AvgIpc) is 3.49. The van der Waals surface area contributed by atoms with E-state index in [-0.39, 0.29) is 36.4 Å². The molecule has 1 aromatic heterocycles. The molecule has 0 bridgehead atoms. The van der Waals surface area contributed by atoms with Crippen molar-refractivity contribution in [3.8, 4) is 0 Å². The van der Waals surface area contributed by atoms with Crippen molar-refractivity contribution in [1.29, 1.82) is 0 Å². The number of imide groups is 1. The molecule has 35 heavy (non-hydrogen) atoms. The largest absolute Gasteiger partial charge is 0.376 e. The van der Waals surface area contributed by atoms with Gasteiger partial charge in [0.25, 0.3) is 5.91 Å². The van der Waals surface area contributed by atoms with E-state index in [0.717, 1.165) is 24.0 Å². The van der Waals surface area contributed by atoms with Crippen LogP contribution in [0, 0.1) is 12.8 Å². The van der Waals surface area contributed by atoms with E-state index in [1.54, 1.807) is 18.5 Å². The van der Waals surface area contributed by atoms with Crippen LogP contribution >= 0.6 is 0 Å². The summed E-state index contributed by atoms with van der Waals surface area (Å²) in [7, 11) is 0. The zero-order valence-corrected chi connectivity index (χ0v) is 20.1. The fraction of sp³-hybridized carbons (Fsp3) is 0.481. The summed E-state index contributed by atoms with van der Waals surface area (Å²) in [6, 6.07) is 11.2. The van der Waals surface area contributed by atoms with Gasteiger partial charge in [0.05, 0.1) is 19.1 Å². The lowest BCUT2D eigenvalue weighted by molar-refractivity contribution is -0.137. The summed E-state index contributed by atoms with van der Waals surface area (Å²) in [5.74, 6) is -0.286. The molecule has 3 aliphatic rings. The summed E-state index contributed by atoms with van der Waals surface area (Å²) >= 11 is 0. The van der Waals surface area contributed by atoms with Crippen LogP contribution in [-0.4, -0.2) is 65.0 Å². The molecule has 2 atom stereocenters.